The van der Waals surface area contributed by atoms with Crippen LogP contribution in [0.4, 0.5) is 4.39 Å². The van der Waals surface area contributed by atoms with Crippen LogP contribution in [0.25, 0.3) is 5.65 Å². The van der Waals surface area contributed by atoms with Crippen LogP contribution in [0.3, 0.4) is 0 Å². The number of imidazole rings is 1. The van der Waals surface area contributed by atoms with Gasteiger partial charge in [0.25, 0.3) is 5.91 Å². The van der Waals surface area contributed by atoms with Crippen LogP contribution in [-0.4, -0.2) is 28.7 Å². The summed E-state index contributed by atoms with van der Waals surface area (Å²) in [5.41, 5.74) is 3.09. The lowest BCUT2D eigenvalue weighted by molar-refractivity contribution is 0.0950. The van der Waals surface area contributed by atoms with Gasteiger partial charge in [-0.3, -0.25) is 9.78 Å². The van der Waals surface area contributed by atoms with Crippen molar-refractivity contribution in [2.75, 3.05) is 0 Å². The van der Waals surface area contributed by atoms with E-state index in [0.717, 1.165) is 11.2 Å². The van der Waals surface area contributed by atoms with Crippen molar-refractivity contribution >= 4 is 21.4 Å². The number of fused-ring (bicyclic) bond motifs is 1. The zero-order chi connectivity index (χ0) is 26.5. The Morgan fingerprint density at radius 1 is 0.947 bits per heavy atom. The van der Waals surface area contributed by atoms with Crippen molar-refractivity contribution in [1.29, 1.82) is 0 Å². The van der Waals surface area contributed by atoms with Gasteiger partial charge in [-0.25, -0.2) is 17.8 Å². The van der Waals surface area contributed by atoms with Crippen LogP contribution >= 0.6 is 0 Å². The summed E-state index contributed by atoms with van der Waals surface area (Å²) in [7, 11) is -3.81. The lowest BCUT2D eigenvalue weighted by Crippen LogP contribution is -2.23. The normalized spacial score (nSPS) is 11.1. The Balaban J connectivity index is 1.44. The Hall–Kier alpha value is -4.81. The van der Waals surface area contributed by atoms with E-state index in [4.69, 9.17) is 0 Å². The number of carbonyl (C=O) groups excluding carboxylic acids is 1. The molecule has 0 unspecified atom stereocenters. The van der Waals surface area contributed by atoms with Crippen LogP contribution in [0.5, 0.6) is 0 Å². The molecule has 1 amide bonds. The maximum absolute atomic E-state index is 13.3. The first-order valence-corrected chi connectivity index (χ1v) is 13.3. The fourth-order valence-electron chi connectivity index (χ4n) is 3.84. The highest BCUT2D eigenvalue weighted by Gasteiger charge is 2.21. The molecule has 0 aliphatic carbocycles. The number of benzene rings is 2. The number of aromatic nitrogens is 3. The van der Waals surface area contributed by atoms with Crippen LogP contribution in [0.2, 0.25) is 0 Å². The summed E-state index contributed by atoms with van der Waals surface area (Å²) in [4.78, 5) is 21.2. The third-order valence-electron chi connectivity index (χ3n) is 5.76. The van der Waals surface area contributed by atoms with Gasteiger partial charge in [-0.1, -0.05) is 17.9 Å². The molecule has 0 atom stereocenters. The molecule has 188 valence electrons. The topological polar surface area (TPSA) is 93.4 Å². The Kier molecular flexibility index (Phi) is 6.98. The summed E-state index contributed by atoms with van der Waals surface area (Å²) >= 11 is 0. The van der Waals surface area contributed by atoms with Crippen molar-refractivity contribution in [3.63, 3.8) is 0 Å². The molecule has 9 heteroatoms. The first-order valence-electron chi connectivity index (χ1n) is 11.6. The number of rotatable bonds is 6. The Labute approximate surface area is 218 Å². The van der Waals surface area contributed by atoms with E-state index in [2.05, 4.69) is 27.1 Å². The Morgan fingerprint density at radius 2 is 1.79 bits per heavy atom. The van der Waals surface area contributed by atoms with Crippen molar-refractivity contribution in [3.05, 3.63) is 131 Å². The lowest BCUT2D eigenvalue weighted by Gasteiger charge is -2.10. The average molecular weight is 525 g/mol. The molecular formula is C29H21FN4O3S. The molecule has 5 aromatic rings. The van der Waals surface area contributed by atoms with Gasteiger partial charge in [0.1, 0.15) is 11.5 Å². The first-order chi connectivity index (χ1) is 18.4. The van der Waals surface area contributed by atoms with Gasteiger partial charge in [0.15, 0.2) is 9.84 Å². The molecule has 3 aromatic heterocycles. The molecule has 0 saturated heterocycles. The van der Waals surface area contributed by atoms with E-state index in [1.807, 2.05) is 28.9 Å². The van der Waals surface area contributed by atoms with E-state index in [-0.39, 0.29) is 34.2 Å². The van der Waals surface area contributed by atoms with E-state index < -0.39 is 15.7 Å². The van der Waals surface area contributed by atoms with Gasteiger partial charge in [-0.15, -0.1) is 0 Å². The standard InChI is InChI=1S/C29H21FN4O3S/c30-26-8-4-21(5-9-26)3-6-24-17-25(7-10-27(24)38(36,37)20-23-2-1-12-31-18-23)29(35)33-19-22-11-14-34-15-13-32-28(34)16-22/h1-2,4-5,7-18H,19-20H2,(H,33,35). The number of sulfone groups is 1. The molecule has 0 bridgehead atoms. The molecule has 7 nitrogen and oxygen atoms in total. The first kappa shape index (κ1) is 24.9. The molecule has 0 fully saturated rings. The zero-order valence-corrected chi connectivity index (χ0v) is 20.8. The second kappa shape index (κ2) is 10.7. The van der Waals surface area contributed by atoms with Gasteiger partial charge < -0.3 is 9.72 Å². The highest BCUT2D eigenvalue weighted by Crippen LogP contribution is 2.22. The molecule has 0 aliphatic heterocycles. The second-order valence-electron chi connectivity index (χ2n) is 8.50. The van der Waals surface area contributed by atoms with Crippen LogP contribution in [-0.2, 0) is 22.1 Å². The molecular weight excluding hydrogens is 503 g/mol. The minimum atomic E-state index is -3.81. The molecule has 3 heterocycles. The summed E-state index contributed by atoms with van der Waals surface area (Å²) in [6.45, 7) is 0.264. The minimum absolute atomic E-state index is 0.00252. The summed E-state index contributed by atoms with van der Waals surface area (Å²) in [6.07, 6.45) is 8.43. The number of nitrogens with zero attached hydrogens (tertiary/aromatic N) is 3. The highest BCUT2D eigenvalue weighted by atomic mass is 32.2. The van der Waals surface area contributed by atoms with E-state index >= 15 is 0 Å². The molecule has 1 N–H and O–H groups in total. The molecule has 2 aromatic carbocycles. The summed E-state index contributed by atoms with van der Waals surface area (Å²) in [5.74, 6) is 4.69. The number of amides is 1. The van der Waals surface area contributed by atoms with Crippen molar-refractivity contribution < 1.29 is 17.6 Å². The Morgan fingerprint density at radius 3 is 2.58 bits per heavy atom. The molecule has 5 rings (SSSR count). The fourth-order valence-corrected chi connectivity index (χ4v) is 5.33. The molecule has 38 heavy (non-hydrogen) atoms. The van der Waals surface area contributed by atoms with Gasteiger partial charge in [0, 0.05) is 54.2 Å². The average Bonchev–Trinajstić information content (AvgIpc) is 3.39. The maximum Gasteiger partial charge on any atom is 0.251 e. The van der Waals surface area contributed by atoms with Crippen molar-refractivity contribution in [3.8, 4) is 11.8 Å². The predicted octanol–water partition coefficient (Wildman–Crippen LogP) is 4.17. The smallest absolute Gasteiger partial charge is 0.251 e. The second-order valence-corrected chi connectivity index (χ2v) is 10.5. The number of hydrogen-bond acceptors (Lipinski definition) is 5. The summed E-state index contributed by atoms with van der Waals surface area (Å²) in [6, 6.07) is 17.0. The molecule has 0 saturated carbocycles. The number of nitrogens with one attached hydrogen (secondary N) is 1. The fraction of sp³-hybridized carbons (Fsp3) is 0.0690. The van der Waals surface area contributed by atoms with Gasteiger partial charge >= 0.3 is 0 Å². The number of hydrogen-bond donors (Lipinski definition) is 1. The third kappa shape index (κ3) is 5.77. The van der Waals surface area contributed by atoms with E-state index in [9.17, 15) is 17.6 Å². The SMILES string of the molecule is O=C(NCc1ccn2ccnc2c1)c1ccc(S(=O)(=O)Cc2cccnc2)c(C#Cc2ccc(F)cc2)c1. The van der Waals surface area contributed by atoms with Crippen LogP contribution in [0.1, 0.15) is 32.6 Å². The maximum atomic E-state index is 13.3. The lowest BCUT2D eigenvalue weighted by atomic mass is 10.1. The Bertz CT molecular complexity index is 1790. The van der Waals surface area contributed by atoms with Crippen molar-refractivity contribution in [1.82, 2.24) is 19.7 Å². The minimum Gasteiger partial charge on any atom is -0.348 e. The highest BCUT2D eigenvalue weighted by molar-refractivity contribution is 7.90. The molecule has 0 radical (unpaired) electrons. The van der Waals surface area contributed by atoms with Crippen LogP contribution in [0, 0.1) is 17.7 Å². The van der Waals surface area contributed by atoms with Gasteiger partial charge in [0.2, 0.25) is 0 Å². The number of halogens is 1. The van der Waals surface area contributed by atoms with Crippen LogP contribution in [0.15, 0.2) is 103 Å². The van der Waals surface area contributed by atoms with Crippen molar-refractivity contribution in [2.24, 2.45) is 0 Å². The quantitative estimate of drug-likeness (QED) is 0.337. The van der Waals surface area contributed by atoms with E-state index in [0.29, 0.717) is 11.1 Å². The number of carbonyl (C=O) groups is 1. The molecule has 0 spiro atoms. The monoisotopic (exact) mass is 524 g/mol. The van der Waals surface area contributed by atoms with Gasteiger partial charge in [-0.05, 0) is 71.8 Å². The van der Waals surface area contributed by atoms with Gasteiger partial charge in [0.05, 0.1) is 10.6 Å². The third-order valence-corrected chi connectivity index (χ3v) is 7.50. The predicted molar refractivity (Wildman–Crippen MR) is 140 cm³/mol. The zero-order valence-electron chi connectivity index (χ0n) is 20.0. The van der Waals surface area contributed by atoms with E-state index in [1.165, 1.54) is 48.7 Å². The van der Waals surface area contributed by atoms with Crippen LogP contribution < -0.4 is 5.32 Å². The van der Waals surface area contributed by atoms with E-state index in [1.54, 1.807) is 24.5 Å². The molecule has 0 aliphatic rings. The van der Waals surface area contributed by atoms with Crippen molar-refractivity contribution in [2.45, 2.75) is 17.2 Å². The summed E-state index contributed by atoms with van der Waals surface area (Å²) in [5, 5.41) is 2.85. The largest absolute Gasteiger partial charge is 0.348 e. The summed E-state index contributed by atoms with van der Waals surface area (Å²) < 4.78 is 41.8. The number of pyridine rings is 2. The van der Waals surface area contributed by atoms with Gasteiger partial charge in [-0.2, -0.15) is 0 Å².